The van der Waals surface area contributed by atoms with Crippen molar-refractivity contribution in [1.29, 1.82) is 5.26 Å². The molecule has 1 aliphatic rings. The van der Waals surface area contributed by atoms with Crippen LogP contribution in [0.25, 0.3) is 0 Å². The average molecular weight is 273 g/mol. The van der Waals surface area contributed by atoms with Gasteiger partial charge in [-0.3, -0.25) is 14.6 Å². The first-order valence-corrected chi connectivity index (χ1v) is 6.49. The quantitative estimate of drug-likeness (QED) is 0.822. The molecule has 0 aliphatic carbocycles. The number of nitriles is 1. The Hall–Kier alpha value is -1.90. The molecule has 5 heteroatoms. The Morgan fingerprint density at radius 3 is 2.40 bits per heavy atom. The van der Waals surface area contributed by atoms with Crippen LogP contribution in [0.3, 0.4) is 0 Å². The molecule has 0 fully saturated rings. The lowest BCUT2D eigenvalue weighted by molar-refractivity contribution is -0.154. The minimum Gasteiger partial charge on any atom is -0.359 e. The molecule has 1 heterocycles. The van der Waals surface area contributed by atoms with Crippen molar-refractivity contribution in [2.75, 3.05) is 21.2 Å². The summed E-state index contributed by atoms with van der Waals surface area (Å²) in [5, 5.41) is 9.48. The maximum absolute atomic E-state index is 12.0. The van der Waals surface area contributed by atoms with E-state index < -0.39 is 12.3 Å². The first kappa shape index (κ1) is 14.5. The Balaban J connectivity index is 2.65. The number of fused-ring (bicyclic) bond motifs is 1. The Bertz CT molecular complexity index is 550. The van der Waals surface area contributed by atoms with Crippen LogP contribution in [0.5, 0.6) is 0 Å². The summed E-state index contributed by atoms with van der Waals surface area (Å²) >= 11 is 0. The molecule has 0 unspecified atom stereocenters. The van der Waals surface area contributed by atoms with Crippen LogP contribution in [0.15, 0.2) is 24.3 Å². The number of carbonyl (C=O) groups is 1. The fourth-order valence-corrected chi connectivity index (χ4v) is 2.90. The van der Waals surface area contributed by atoms with E-state index in [0.717, 1.165) is 11.1 Å². The lowest BCUT2D eigenvalue weighted by atomic mass is 9.88. The highest BCUT2D eigenvalue weighted by atomic mass is 16.5. The first-order valence-electron chi connectivity index (χ1n) is 6.49. The molecule has 0 saturated heterocycles. The molecule has 0 radical (unpaired) electrons. The lowest BCUT2D eigenvalue weighted by Gasteiger charge is -2.45. The normalized spacial score (nSPS) is 25.2. The molecule has 0 aromatic heterocycles. The molecular weight excluding hydrogens is 254 g/mol. The van der Waals surface area contributed by atoms with Crippen molar-refractivity contribution < 1.29 is 9.53 Å². The summed E-state index contributed by atoms with van der Waals surface area (Å²) in [6.07, 6.45) is -0.470. The summed E-state index contributed by atoms with van der Waals surface area (Å²) < 4.78 is 5.54. The van der Waals surface area contributed by atoms with Gasteiger partial charge in [-0.05, 0) is 25.2 Å². The van der Waals surface area contributed by atoms with Crippen LogP contribution in [-0.4, -0.2) is 43.1 Å². The maximum atomic E-state index is 12.0. The van der Waals surface area contributed by atoms with E-state index in [1.165, 1.54) is 11.8 Å². The summed E-state index contributed by atoms with van der Waals surface area (Å²) in [7, 11) is 5.45. The van der Waals surface area contributed by atoms with Crippen LogP contribution >= 0.6 is 0 Å². The Labute approximate surface area is 119 Å². The van der Waals surface area contributed by atoms with Gasteiger partial charge in [0.15, 0.2) is 6.23 Å². The van der Waals surface area contributed by atoms with E-state index in [-0.39, 0.29) is 11.9 Å². The van der Waals surface area contributed by atoms with Crippen LogP contribution in [0, 0.1) is 11.3 Å². The molecule has 0 saturated carbocycles. The predicted octanol–water partition coefficient (Wildman–Crippen LogP) is 1.69. The van der Waals surface area contributed by atoms with Crippen molar-refractivity contribution in [2.24, 2.45) is 0 Å². The Morgan fingerprint density at radius 1 is 1.35 bits per heavy atom. The van der Waals surface area contributed by atoms with Crippen molar-refractivity contribution in [1.82, 2.24) is 9.80 Å². The number of methoxy groups -OCH3 is 1. The lowest BCUT2D eigenvalue weighted by Crippen LogP contribution is -2.52. The van der Waals surface area contributed by atoms with Crippen molar-refractivity contribution >= 4 is 5.91 Å². The SMILES string of the molecule is CO[C@H]1[C@H](N(C)C)c2ccccc2[C@@H](C#N)N1C(C)=O. The zero-order chi connectivity index (χ0) is 14.9. The minimum atomic E-state index is -0.607. The second-order valence-corrected chi connectivity index (χ2v) is 5.12. The number of ether oxygens (including phenoxy) is 1. The fraction of sp³-hybridized carbons (Fsp3) is 0.467. The van der Waals surface area contributed by atoms with Gasteiger partial charge in [-0.1, -0.05) is 24.3 Å². The molecule has 5 nitrogen and oxygen atoms in total. The zero-order valence-corrected chi connectivity index (χ0v) is 12.2. The first-order chi connectivity index (χ1) is 9.52. The number of hydrogen-bond donors (Lipinski definition) is 0. The third kappa shape index (κ3) is 2.17. The molecule has 1 aliphatic heterocycles. The third-order valence-corrected chi connectivity index (χ3v) is 3.72. The highest BCUT2D eigenvalue weighted by Gasteiger charge is 2.43. The van der Waals surface area contributed by atoms with E-state index in [4.69, 9.17) is 4.74 Å². The molecule has 1 aromatic carbocycles. The molecule has 106 valence electrons. The van der Waals surface area contributed by atoms with Gasteiger partial charge in [-0.25, -0.2) is 0 Å². The van der Waals surface area contributed by atoms with Gasteiger partial charge in [0.05, 0.1) is 12.1 Å². The van der Waals surface area contributed by atoms with Crippen molar-refractivity contribution in [3.63, 3.8) is 0 Å². The second-order valence-electron chi connectivity index (χ2n) is 5.12. The van der Waals surface area contributed by atoms with Gasteiger partial charge < -0.3 is 4.74 Å². The van der Waals surface area contributed by atoms with Gasteiger partial charge in [-0.15, -0.1) is 0 Å². The van der Waals surface area contributed by atoms with Crippen molar-refractivity contribution in [3.05, 3.63) is 35.4 Å². The van der Waals surface area contributed by atoms with Crippen LogP contribution in [-0.2, 0) is 9.53 Å². The number of benzene rings is 1. The maximum Gasteiger partial charge on any atom is 0.222 e. The predicted molar refractivity (Wildman–Crippen MR) is 74.5 cm³/mol. The van der Waals surface area contributed by atoms with E-state index in [1.54, 1.807) is 7.11 Å². The fourth-order valence-electron chi connectivity index (χ4n) is 2.90. The largest absolute Gasteiger partial charge is 0.359 e. The standard InChI is InChI=1S/C15H19N3O2/c1-10(19)18-13(9-16)11-7-5-6-8-12(11)14(17(2)3)15(18)20-4/h5-8,13-15H,1-4H3/t13-,14-,15+/m1/s1. The van der Waals surface area contributed by atoms with Crippen LogP contribution in [0.4, 0.5) is 0 Å². The minimum absolute atomic E-state index is 0.0929. The van der Waals surface area contributed by atoms with Gasteiger partial charge in [0.1, 0.15) is 6.04 Å². The van der Waals surface area contributed by atoms with Crippen LogP contribution < -0.4 is 0 Å². The third-order valence-electron chi connectivity index (χ3n) is 3.72. The molecule has 1 aromatic rings. The van der Waals surface area contributed by atoms with Crippen LogP contribution in [0.1, 0.15) is 30.1 Å². The van der Waals surface area contributed by atoms with Gasteiger partial charge in [0.25, 0.3) is 0 Å². The van der Waals surface area contributed by atoms with Gasteiger partial charge >= 0.3 is 0 Å². The number of amides is 1. The molecular formula is C15H19N3O2. The van der Waals surface area contributed by atoms with Gasteiger partial charge in [0, 0.05) is 14.0 Å². The monoisotopic (exact) mass is 273 g/mol. The molecule has 0 N–H and O–H groups in total. The number of rotatable bonds is 2. The van der Waals surface area contributed by atoms with E-state index in [9.17, 15) is 10.1 Å². The Kier molecular flexibility index (Phi) is 4.07. The molecule has 3 atom stereocenters. The highest BCUT2D eigenvalue weighted by Crippen LogP contribution is 2.41. The molecule has 20 heavy (non-hydrogen) atoms. The molecule has 2 rings (SSSR count). The van der Waals surface area contributed by atoms with Crippen molar-refractivity contribution in [2.45, 2.75) is 25.2 Å². The summed E-state index contributed by atoms with van der Waals surface area (Å²) in [4.78, 5) is 15.5. The van der Waals surface area contributed by atoms with E-state index in [2.05, 4.69) is 6.07 Å². The van der Waals surface area contributed by atoms with E-state index >= 15 is 0 Å². The number of likely N-dealkylation sites (N-methyl/N-ethyl adjacent to an activating group) is 1. The summed E-state index contributed by atoms with van der Waals surface area (Å²) in [5.74, 6) is -0.162. The summed E-state index contributed by atoms with van der Waals surface area (Å²) in [6.45, 7) is 1.47. The van der Waals surface area contributed by atoms with Gasteiger partial charge in [-0.2, -0.15) is 5.26 Å². The smallest absolute Gasteiger partial charge is 0.222 e. The highest BCUT2D eigenvalue weighted by molar-refractivity contribution is 5.75. The second kappa shape index (κ2) is 5.61. The number of hydrogen-bond acceptors (Lipinski definition) is 4. The molecule has 0 spiro atoms. The van der Waals surface area contributed by atoms with E-state index in [1.807, 2.05) is 43.3 Å². The molecule has 0 bridgehead atoms. The average Bonchev–Trinajstić information content (AvgIpc) is 2.43. The zero-order valence-electron chi connectivity index (χ0n) is 12.2. The van der Waals surface area contributed by atoms with Crippen molar-refractivity contribution in [3.8, 4) is 6.07 Å². The number of carbonyl (C=O) groups excluding carboxylic acids is 1. The van der Waals surface area contributed by atoms with Crippen LogP contribution in [0.2, 0.25) is 0 Å². The molecule has 1 amide bonds. The summed E-state index contributed by atoms with van der Waals surface area (Å²) in [5.41, 5.74) is 1.91. The number of nitrogens with zero attached hydrogens (tertiary/aromatic N) is 3. The van der Waals surface area contributed by atoms with Gasteiger partial charge in [0.2, 0.25) is 5.91 Å². The summed E-state index contributed by atoms with van der Waals surface area (Å²) in [6, 6.07) is 9.26. The Morgan fingerprint density at radius 2 is 1.95 bits per heavy atom. The van der Waals surface area contributed by atoms with E-state index in [0.29, 0.717) is 0 Å². The topological polar surface area (TPSA) is 56.6 Å².